The molecular weight excluding hydrogens is 388 g/mol. The summed E-state index contributed by atoms with van der Waals surface area (Å²) in [5.41, 5.74) is 7.46. The molecule has 28 heavy (non-hydrogen) atoms. The Hall–Kier alpha value is -2.50. The second kappa shape index (κ2) is 7.49. The van der Waals surface area contributed by atoms with Crippen LogP contribution in [0.4, 0.5) is 11.8 Å². The van der Waals surface area contributed by atoms with Gasteiger partial charge < -0.3 is 31.1 Å². The van der Waals surface area contributed by atoms with Crippen LogP contribution in [0.2, 0.25) is 5.02 Å². The van der Waals surface area contributed by atoms with E-state index in [1.54, 1.807) is 6.07 Å². The van der Waals surface area contributed by atoms with E-state index in [1.807, 2.05) is 18.2 Å². The Morgan fingerprint density at radius 2 is 2.00 bits per heavy atom. The maximum atomic E-state index is 10.3. The van der Waals surface area contributed by atoms with Gasteiger partial charge in [-0.1, -0.05) is 29.8 Å². The number of anilines is 2. The monoisotopic (exact) mass is 406 g/mol. The molecule has 1 saturated heterocycles. The van der Waals surface area contributed by atoms with E-state index in [2.05, 4.69) is 20.3 Å². The zero-order valence-corrected chi connectivity index (χ0v) is 15.4. The number of nitrogens with one attached hydrogen (secondary N) is 1. The van der Waals surface area contributed by atoms with Crippen LogP contribution in [0.15, 0.2) is 30.6 Å². The second-order valence-corrected chi connectivity index (χ2v) is 6.84. The van der Waals surface area contributed by atoms with Crippen molar-refractivity contribution in [1.29, 1.82) is 0 Å². The Kier molecular flexibility index (Phi) is 5.04. The number of aliphatic hydroxyl groups excluding tert-OH is 3. The summed E-state index contributed by atoms with van der Waals surface area (Å²) in [6.45, 7) is -0.0327. The number of benzene rings is 1. The summed E-state index contributed by atoms with van der Waals surface area (Å²) in [6.07, 6.45) is -2.95. The van der Waals surface area contributed by atoms with Gasteiger partial charge in [0.25, 0.3) is 0 Å². The first-order valence-corrected chi connectivity index (χ1v) is 8.97. The molecule has 2 aromatic heterocycles. The number of aromatic nitrogens is 4. The molecule has 1 aromatic carbocycles. The molecule has 0 radical (unpaired) electrons. The number of hydrogen-bond donors (Lipinski definition) is 5. The quantitative estimate of drug-likeness (QED) is 0.402. The second-order valence-electron chi connectivity index (χ2n) is 6.43. The minimum atomic E-state index is -1.26. The molecular formula is C17H19ClN6O4. The molecule has 1 aliphatic heterocycles. The summed E-state index contributed by atoms with van der Waals surface area (Å²) >= 11 is 6.18. The van der Waals surface area contributed by atoms with Crippen molar-refractivity contribution in [2.24, 2.45) is 0 Å². The van der Waals surface area contributed by atoms with Gasteiger partial charge in [-0.25, -0.2) is 4.98 Å². The summed E-state index contributed by atoms with van der Waals surface area (Å²) < 4.78 is 7.00. The Bertz CT molecular complexity index is 999. The molecule has 3 aromatic rings. The number of aliphatic hydroxyl groups is 3. The van der Waals surface area contributed by atoms with Crippen LogP contribution >= 0.6 is 11.6 Å². The average Bonchev–Trinajstić information content (AvgIpc) is 3.22. The standard InChI is InChI=1S/C17H19ClN6O4/c18-9-4-2-1-3-8(9)5-20-14-11-15(23-17(19)22-14)24(7-21-11)16-13(27)12(26)10(6-25)28-16/h1-4,7,10,12-13,16,25-27H,5-6H2,(H3,19,20,22,23)/t10-,12-,13-,16-/m1/s1. The van der Waals surface area contributed by atoms with Gasteiger partial charge in [-0.3, -0.25) is 4.57 Å². The highest BCUT2D eigenvalue weighted by molar-refractivity contribution is 6.31. The number of halogens is 1. The van der Waals surface area contributed by atoms with Gasteiger partial charge in [0.15, 0.2) is 23.2 Å². The fourth-order valence-electron chi connectivity index (χ4n) is 3.17. The fourth-order valence-corrected chi connectivity index (χ4v) is 3.38. The summed E-state index contributed by atoms with van der Waals surface area (Å²) in [5, 5.41) is 33.3. The van der Waals surface area contributed by atoms with E-state index >= 15 is 0 Å². The first kappa shape index (κ1) is 18.8. The highest BCUT2D eigenvalue weighted by Gasteiger charge is 2.44. The third-order valence-electron chi connectivity index (χ3n) is 4.63. The Morgan fingerprint density at radius 1 is 1.21 bits per heavy atom. The molecule has 4 atom stereocenters. The van der Waals surface area contributed by atoms with Gasteiger partial charge in [0.1, 0.15) is 18.3 Å². The Morgan fingerprint density at radius 3 is 2.71 bits per heavy atom. The third-order valence-corrected chi connectivity index (χ3v) is 5.00. The highest BCUT2D eigenvalue weighted by atomic mass is 35.5. The smallest absolute Gasteiger partial charge is 0.224 e. The van der Waals surface area contributed by atoms with Gasteiger partial charge in [0, 0.05) is 11.6 Å². The van der Waals surface area contributed by atoms with Gasteiger partial charge in [0.2, 0.25) is 5.95 Å². The number of fused-ring (bicyclic) bond motifs is 1. The molecule has 4 rings (SSSR count). The van der Waals surface area contributed by atoms with Crippen LogP contribution in [-0.2, 0) is 11.3 Å². The van der Waals surface area contributed by atoms with Gasteiger partial charge in [-0.2, -0.15) is 9.97 Å². The minimum absolute atomic E-state index is 0.00246. The number of nitrogens with zero attached hydrogens (tertiary/aromatic N) is 4. The SMILES string of the molecule is Nc1nc(NCc2ccccc2Cl)c2ncn([C@@H]3O[C@H](CO)[C@@H](O)[C@H]3O)c2n1. The topological polar surface area (TPSA) is 152 Å². The highest BCUT2D eigenvalue weighted by Crippen LogP contribution is 2.32. The van der Waals surface area contributed by atoms with E-state index < -0.39 is 31.1 Å². The zero-order valence-electron chi connectivity index (χ0n) is 14.6. The summed E-state index contributed by atoms with van der Waals surface area (Å²) in [4.78, 5) is 12.7. The van der Waals surface area contributed by atoms with Crippen molar-refractivity contribution in [3.63, 3.8) is 0 Å². The zero-order chi connectivity index (χ0) is 19.8. The maximum Gasteiger partial charge on any atom is 0.224 e. The lowest BCUT2D eigenvalue weighted by atomic mass is 10.1. The predicted octanol–water partition coefficient (Wildman–Crippen LogP) is 0.285. The Labute approximate surface area is 164 Å². The molecule has 0 amide bonds. The average molecular weight is 407 g/mol. The van der Waals surface area contributed by atoms with Gasteiger partial charge in [-0.05, 0) is 11.6 Å². The number of imidazole rings is 1. The fraction of sp³-hybridized carbons (Fsp3) is 0.353. The van der Waals surface area contributed by atoms with Crippen LogP contribution in [-0.4, -0.2) is 59.8 Å². The van der Waals surface area contributed by atoms with Crippen molar-refractivity contribution in [3.05, 3.63) is 41.2 Å². The number of hydrogen-bond acceptors (Lipinski definition) is 9. The van der Waals surface area contributed by atoms with Crippen LogP contribution in [0.25, 0.3) is 11.2 Å². The molecule has 0 bridgehead atoms. The van der Waals surface area contributed by atoms with E-state index in [-0.39, 0.29) is 5.95 Å². The molecule has 0 spiro atoms. The lowest BCUT2D eigenvalue weighted by molar-refractivity contribution is -0.0511. The largest absolute Gasteiger partial charge is 0.394 e. The first-order chi connectivity index (χ1) is 13.5. The van der Waals surface area contributed by atoms with Crippen LogP contribution in [0.5, 0.6) is 0 Å². The summed E-state index contributed by atoms with van der Waals surface area (Å²) in [5.74, 6) is 0.399. The van der Waals surface area contributed by atoms with Crippen LogP contribution in [0.1, 0.15) is 11.8 Å². The third kappa shape index (κ3) is 3.25. The van der Waals surface area contributed by atoms with Crippen molar-refractivity contribution in [3.8, 4) is 0 Å². The summed E-state index contributed by atoms with van der Waals surface area (Å²) in [6, 6.07) is 7.40. The van der Waals surface area contributed by atoms with Crippen LogP contribution in [0.3, 0.4) is 0 Å². The maximum absolute atomic E-state index is 10.3. The first-order valence-electron chi connectivity index (χ1n) is 8.59. The summed E-state index contributed by atoms with van der Waals surface area (Å²) in [7, 11) is 0. The van der Waals surface area contributed by atoms with Gasteiger partial charge >= 0.3 is 0 Å². The molecule has 1 aliphatic rings. The molecule has 10 nitrogen and oxygen atoms in total. The molecule has 0 aliphatic carbocycles. The lowest BCUT2D eigenvalue weighted by Crippen LogP contribution is -2.33. The molecule has 0 unspecified atom stereocenters. The molecule has 148 valence electrons. The number of ether oxygens (including phenoxy) is 1. The normalized spacial score (nSPS) is 24.7. The van der Waals surface area contributed by atoms with E-state index in [0.29, 0.717) is 28.5 Å². The predicted molar refractivity (Wildman–Crippen MR) is 102 cm³/mol. The van der Waals surface area contributed by atoms with Gasteiger partial charge in [-0.15, -0.1) is 0 Å². The van der Waals surface area contributed by atoms with Gasteiger partial charge in [0.05, 0.1) is 12.9 Å². The lowest BCUT2D eigenvalue weighted by Gasteiger charge is -2.16. The van der Waals surface area contributed by atoms with Crippen LogP contribution in [0, 0.1) is 0 Å². The van der Waals surface area contributed by atoms with Crippen molar-refractivity contribution < 1.29 is 20.1 Å². The van der Waals surface area contributed by atoms with E-state index in [1.165, 1.54) is 10.9 Å². The van der Waals surface area contributed by atoms with E-state index in [4.69, 9.17) is 22.1 Å². The van der Waals surface area contributed by atoms with Crippen molar-refractivity contribution in [2.75, 3.05) is 17.7 Å². The van der Waals surface area contributed by atoms with E-state index in [0.717, 1.165) is 5.56 Å². The van der Waals surface area contributed by atoms with Crippen LogP contribution < -0.4 is 11.1 Å². The minimum Gasteiger partial charge on any atom is -0.394 e. The molecule has 1 fully saturated rings. The number of nitrogen functional groups attached to an aromatic ring is 1. The molecule has 11 heteroatoms. The molecule has 6 N–H and O–H groups in total. The molecule has 0 saturated carbocycles. The van der Waals surface area contributed by atoms with Crippen molar-refractivity contribution >= 4 is 34.5 Å². The van der Waals surface area contributed by atoms with Crippen molar-refractivity contribution in [2.45, 2.75) is 31.1 Å². The van der Waals surface area contributed by atoms with E-state index in [9.17, 15) is 15.3 Å². The molecule has 3 heterocycles. The Balaban J connectivity index is 1.66. The number of rotatable bonds is 5. The number of nitrogens with two attached hydrogens (primary N) is 1. The van der Waals surface area contributed by atoms with Crippen molar-refractivity contribution in [1.82, 2.24) is 19.5 Å².